The zero-order chi connectivity index (χ0) is 25.8. The van der Waals surface area contributed by atoms with Crippen LogP contribution in [0.2, 0.25) is 0 Å². The average Bonchev–Trinajstić information content (AvgIpc) is 3.35. The lowest BCUT2D eigenvalue weighted by molar-refractivity contribution is -0.157. The lowest BCUT2D eigenvalue weighted by Crippen LogP contribution is -2.57. The molecular formula is C24H25FN8O3. The first-order chi connectivity index (χ1) is 17.1. The number of aryl methyl sites for hydroxylation is 1. The van der Waals surface area contributed by atoms with Gasteiger partial charge in [-0.25, -0.2) is 19.2 Å². The quantitative estimate of drug-likeness (QED) is 0.408. The van der Waals surface area contributed by atoms with Gasteiger partial charge in [0.1, 0.15) is 17.5 Å². The van der Waals surface area contributed by atoms with E-state index in [1.165, 1.54) is 23.4 Å². The highest BCUT2D eigenvalue weighted by molar-refractivity contribution is 6.31. The normalized spacial score (nSPS) is 18.7. The number of piperazine rings is 1. The second-order valence-corrected chi connectivity index (χ2v) is 9.62. The Kier molecular flexibility index (Phi) is 5.52. The van der Waals surface area contributed by atoms with Crippen LogP contribution < -0.4 is 20.9 Å². The molecule has 36 heavy (non-hydrogen) atoms. The number of pyridine rings is 2. The van der Waals surface area contributed by atoms with Crippen molar-refractivity contribution in [2.24, 2.45) is 5.73 Å². The van der Waals surface area contributed by atoms with Crippen LogP contribution in [-0.4, -0.2) is 57.6 Å². The van der Waals surface area contributed by atoms with Gasteiger partial charge in [-0.1, -0.05) is 0 Å². The maximum absolute atomic E-state index is 15.4. The van der Waals surface area contributed by atoms with Gasteiger partial charge >= 0.3 is 11.9 Å². The average molecular weight is 493 g/mol. The number of rotatable bonds is 3. The SMILES string of the molecule is Cc1cn2cc(N3c4ncc(C#N)c(N5CCNC(C)(C)C5)c4CC3OC(=O)C(N)=O)c(F)cc2n1. The summed E-state index contributed by atoms with van der Waals surface area (Å²) in [5.41, 5.74) is 7.74. The lowest BCUT2D eigenvalue weighted by atomic mass is 9.99. The van der Waals surface area contributed by atoms with E-state index in [9.17, 15) is 14.9 Å². The molecule has 0 spiro atoms. The third kappa shape index (κ3) is 3.97. The number of anilines is 3. The molecule has 12 heteroatoms. The van der Waals surface area contributed by atoms with E-state index in [2.05, 4.69) is 40.1 Å². The van der Waals surface area contributed by atoms with Crippen LogP contribution in [0.5, 0.6) is 0 Å². The van der Waals surface area contributed by atoms with Gasteiger partial charge in [0, 0.05) is 61.8 Å². The Bertz CT molecular complexity index is 1440. The van der Waals surface area contributed by atoms with Gasteiger partial charge in [0.25, 0.3) is 0 Å². The number of nitrogens with one attached hydrogen (secondary N) is 1. The number of carbonyl (C=O) groups is 2. The molecule has 186 valence electrons. The van der Waals surface area contributed by atoms with Crippen LogP contribution in [0.25, 0.3) is 5.65 Å². The summed E-state index contributed by atoms with van der Waals surface area (Å²) in [6.45, 7) is 7.86. The molecule has 5 rings (SSSR count). The van der Waals surface area contributed by atoms with Crippen molar-refractivity contribution in [2.75, 3.05) is 29.4 Å². The first-order valence-corrected chi connectivity index (χ1v) is 11.4. The van der Waals surface area contributed by atoms with Crippen molar-refractivity contribution in [3.63, 3.8) is 0 Å². The van der Waals surface area contributed by atoms with Gasteiger partial charge in [-0.15, -0.1) is 0 Å². The molecular weight excluding hydrogens is 467 g/mol. The van der Waals surface area contributed by atoms with Gasteiger partial charge in [0.15, 0.2) is 12.0 Å². The van der Waals surface area contributed by atoms with Gasteiger partial charge < -0.3 is 25.1 Å². The molecule has 1 amide bonds. The number of nitriles is 1. The molecule has 5 heterocycles. The lowest BCUT2D eigenvalue weighted by Gasteiger charge is -2.41. The van der Waals surface area contributed by atoms with E-state index in [4.69, 9.17) is 10.5 Å². The number of esters is 1. The Morgan fingerprint density at radius 1 is 1.36 bits per heavy atom. The number of hydrogen-bond acceptors (Lipinski definition) is 9. The number of imidazole rings is 1. The summed E-state index contributed by atoms with van der Waals surface area (Å²) in [7, 11) is 0. The van der Waals surface area contributed by atoms with Gasteiger partial charge in [-0.05, 0) is 20.8 Å². The van der Waals surface area contributed by atoms with Crippen LogP contribution in [0.1, 0.15) is 30.7 Å². The van der Waals surface area contributed by atoms with Gasteiger partial charge in [-0.3, -0.25) is 9.69 Å². The van der Waals surface area contributed by atoms with Crippen molar-refractivity contribution in [1.29, 1.82) is 5.26 Å². The number of aromatic nitrogens is 3. The molecule has 11 nitrogen and oxygen atoms in total. The number of nitrogens with zero attached hydrogens (tertiary/aromatic N) is 6. The Morgan fingerprint density at radius 2 is 2.14 bits per heavy atom. The molecule has 2 aliphatic heterocycles. The second-order valence-electron chi connectivity index (χ2n) is 9.62. The van der Waals surface area contributed by atoms with Gasteiger partial charge in [0.2, 0.25) is 0 Å². The van der Waals surface area contributed by atoms with Crippen molar-refractivity contribution in [3.8, 4) is 6.07 Å². The number of ether oxygens (including phenoxy) is 1. The zero-order valence-electron chi connectivity index (χ0n) is 20.1. The number of nitrogens with two attached hydrogens (primary N) is 1. The van der Waals surface area contributed by atoms with E-state index in [-0.39, 0.29) is 17.6 Å². The van der Waals surface area contributed by atoms with E-state index in [1.807, 2.05) is 0 Å². The minimum Gasteiger partial charge on any atom is -0.434 e. The fourth-order valence-corrected chi connectivity index (χ4v) is 4.95. The standard InChI is InChI=1S/C24H25FN8O3/c1-13-10-32-11-17(16(25)7-18(32)30-13)33-19(36-23(35)21(27)34)6-15-20(14(8-26)9-28-22(15)33)31-5-4-29-24(2,3)12-31/h7,9-11,19,29H,4-6,12H2,1-3H3,(H2,27,34). The van der Waals surface area contributed by atoms with E-state index >= 15 is 4.39 Å². The fourth-order valence-electron chi connectivity index (χ4n) is 4.95. The summed E-state index contributed by atoms with van der Waals surface area (Å²) >= 11 is 0. The summed E-state index contributed by atoms with van der Waals surface area (Å²) in [5, 5.41) is 13.3. The van der Waals surface area contributed by atoms with Crippen molar-refractivity contribution in [2.45, 2.75) is 39.0 Å². The van der Waals surface area contributed by atoms with E-state index in [0.717, 1.165) is 0 Å². The first-order valence-electron chi connectivity index (χ1n) is 11.4. The molecule has 3 aromatic rings. The summed E-state index contributed by atoms with van der Waals surface area (Å²) in [6, 6.07) is 3.48. The van der Waals surface area contributed by atoms with Crippen molar-refractivity contribution >= 4 is 34.7 Å². The number of halogens is 1. The van der Waals surface area contributed by atoms with Crippen molar-refractivity contribution in [3.05, 3.63) is 47.3 Å². The van der Waals surface area contributed by atoms with E-state index in [1.54, 1.807) is 17.5 Å². The smallest absolute Gasteiger partial charge is 0.398 e. The van der Waals surface area contributed by atoms with Gasteiger partial charge in [-0.2, -0.15) is 5.26 Å². The Balaban J connectivity index is 1.68. The van der Waals surface area contributed by atoms with Crippen LogP contribution in [-0.2, 0) is 20.7 Å². The molecule has 0 saturated carbocycles. The monoisotopic (exact) mass is 492 g/mol. The largest absolute Gasteiger partial charge is 0.434 e. The van der Waals surface area contributed by atoms with Crippen molar-refractivity contribution < 1.29 is 18.7 Å². The summed E-state index contributed by atoms with van der Waals surface area (Å²) in [4.78, 5) is 36.0. The maximum atomic E-state index is 15.4. The fraction of sp³-hybridized carbons (Fsp3) is 0.375. The number of primary amides is 1. The zero-order valence-corrected chi connectivity index (χ0v) is 20.1. The number of amides is 1. The Labute approximate surface area is 206 Å². The Morgan fingerprint density at radius 3 is 2.83 bits per heavy atom. The molecule has 1 atom stereocenters. The highest BCUT2D eigenvalue weighted by atomic mass is 19.1. The molecule has 2 aliphatic rings. The second kappa shape index (κ2) is 8.46. The van der Waals surface area contributed by atoms with Crippen LogP contribution in [0.4, 0.5) is 21.6 Å². The number of fused-ring (bicyclic) bond motifs is 2. The molecule has 0 bridgehead atoms. The highest BCUT2D eigenvalue weighted by Gasteiger charge is 2.41. The molecule has 1 fully saturated rings. The predicted octanol–water partition coefficient (Wildman–Crippen LogP) is 1.29. The van der Waals surface area contributed by atoms with E-state index in [0.29, 0.717) is 53.6 Å². The molecule has 3 aromatic heterocycles. The summed E-state index contributed by atoms with van der Waals surface area (Å²) in [6.07, 6.45) is 3.68. The number of hydrogen-bond donors (Lipinski definition) is 2. The van der Waals surface area contributed by atoms with E-state index < -0.39 is 23.9 Å². The summed E-state index contributed by atoms with van der Waals surface area (Å²) < 4.78 is 22.5. The Hall–Kier alpha value is -4.24. The van der Waals surface area contributed by atoms with Crippen molar-refractivity contribution in [1.82, 2.24) is 19.7 Å². The third-order valence-electron chi connectivity index (χ3n) is 6.38. The molecule has 1 unspecified atom stereocenters. The van der Waals surface area contributed by atoms with Crippen LogP contribution in [0.3, 0.4) is 0 Å². The molecule has 0 radical (unpaired) electrons. The predicted molar refractivity (Wildman–Crippen MR) is 128 cm³/mol. The molecule has 1 saturated heterocycles. The number of carbonyl (C=O) groups excluding carboxylic acids is 2. The molecule has 0 aromatic carbocycles. The van der Waals surface area contributed by atoms with Gasteiger partial charge in [0.05, 0.1) is 22.6 Å². The molecule has 0 aliphatic carbocycles. The first kappa shape index (κ1) is 23.5. The molecule has 3 N–H and O–H groups in total. The van der Waals surface area contributed by atoms with Crippen LogP contribution in [0.15, 0.2) is 24.7 Å². The van der Waals surface area contributed by atoms with Crippen LogP contribution in [0, 0.1) is 24.1 Å². The minimum absolute atomic E-state index is 0.0738. The van der Waals surface area contributed by atoms with Crippen LogP contribution >= 0.6 is 0 Å². The topological polar surface area (TPSA) is 142 Å². The maximum Gasteiger partial charge on any atom is 0.398 e. The third-order valence-corrected chi connectivity index (χ3v) is 6.38. The highest BCUT2D eigenvalue weighted by Crippen LogP contribution is 2.44. The minimum atomic E-state index is -1.26. The summed E-state index contributed by atoms with van der Waals surface area (Å²) in [5.74, 6) is -2.79.